The number of ether oxygens (including phenoxy) is 1. The van der Waals surface area contributed by atoms with Gasteiger partial charge in [-0.25, -0.2) is 0 Å². The highest BCUT2D eigenvalue weighted by Gasteiger charge is 2.44. The van der Waals surface area contributed by atoms with Gasteiger partial charge in [-0.3, -0.25) is 14.6 Å². The molecular weight excluding hydrogens is 396 g/mol. The number of para-hydroxylation sites is 1. The summed E-state index contributed by atoms with van der Waals surface area (Å²) >= 11 is 0. The molecule has 4 rings (SSSR count). The van der Waals surface area contributed by atoms with Gasteiger partial charge in [0.15, 0.2) is 22.9 Å². The first-order chi connectivity index (χ1) is 15.1. The quantitative estimate of drug-likeness (QED) is 0.423. The molecule has 0 saturated carbocycles. The number of ketones is 1. The van der Waals surface area contributed by atoms with Crippen LogP contribution in [0, 0.1) is 0 Å². The second-order valence-corrected chi connectivity index (χ2v) is 7.44. The standard InChI is InChI=1S/C24H24N2O5/c1-3-4-7-13-26-20(16-10-5-6-12-25-16)19(22(28)24(26)29)21(27)18-14-15-9-8-11-17(30-2)23(15)31-18/h5-6,8-12,14,20,28H,3-4,7,13H2,1-2H3. The van der Waals surface area contributed by atoms with Crippen LogP contribution in [0.3, 0.4) is 0 Å². The van der Waals surface area contributed by atoms with E-state index >= 15 is 0 Å². The van der Waals surface area contributed by atoms with Gasteiger partial charge in [-0.2, -0.15) is 0 Å². The molecule has 7 nitrogen and oxygen atoms in total. The van der Waals surface area contributed by atoms with Crippen molar-refractivity contribution in [2.24, 2.45) is 0 Å². The van der Waals surface area contributed by atoms with Crippen LogP contribution in [-0.2, 0) is 4.79 Å². The summed E-state index contributed by atoms with van der Waals surface area (Å²) in [4.78, 5) is 32.2. The Kier molecular flexibility index (Phi) is 5.75. The lowest BCUT2D eigenvalue weighted by Crippen LogP contribution is -2.32. The monoisotopic (exact) mass is 420 g/mol. The molecule has 1 aliphatic rings. The van der Waals surface area contributed by atoms with Crippen molar-refractivity contribution in [1.29, 1.82) is 0 Å². The Bertz CT molecular complexity index is 1150. The SMILES string of the molecule is CCCCCN1C(=O)C(O)=C(C(=O)c2cc3cccc(OC)c3o2)C1c1ccccn1. The highest BCUT2D eigenvalue weighted by Crippen LogP contribution is 2.39. The van der Waals surface area contributed by atoms with Crippen LogP contribution in [-0.4, -0.2) is 40.3 Å². The Morgan fingerprint density at radius 3 is 2.77 bits per heavy atom. The number of nitrogens with zero attached hydrogens (tertiary/aromatic N) is 2. The number of aliphatic hydroxyl groups is 1. The third kappa shape index (κ3) is 3.67. The van der Waals surface area contributed by atoms with Crippen molar-refractivity contribution in [3.63, 3.8) is 0 Å². The number of furan rings is 1. The topological polar surface area (TPSA) is 92.9 Å². The highest BCUT2D eigenvalue weighted by molar-refractivity contribution is 6.16. The molecule has 1 N–H and O–H groups in total. The number of carbonyl (C=O) groups is 2. The summed E-state index contributed by atoms with van der Waals surface area (Å²) in [5.74, 6) is -1.13. The summed E-state index contributed by atoms with van der Waals surface area (Å²) < 4.78 is 11.1. The van der Waals surface area contributed by atoms with E-state index in [4.69, 9.17) is 9.15 Å². The van der Waals surface area contributed by atoms with E-state index in [0.29, 0.717) is 29.0 Å². The van der Waals surface area contributed by atoms with Crippen LogP contribution in [0.4, 0.5) is 0 Å². The first kappa shape index (κ1) is 20.7. The normalized spacial score (nSPS) is 16.4. The van der Waals surface area contributed by atoms with E-state index in [9.17, 15) is 14.7 Å². The summed E-state index contributed by atoms with van der Waals surface area (Å²) in [5, 5.41) is 11.4. The van der Waals surface area contributed by atoms with E-state index < -0.39 is 23.5 Å². The summed E-state index contributed by atoms with van der Waals surface area (Å²) in [6.45, 7) is 2.49. The molecule has 0 aliphatic carbocycles. The first-order valence-electron chi connectivity index (χ1n) is 10.3. The molecule has 7 heteroatoms. The van der Waals surface area contributed by atoms with E-state index in [2.05, 4.69) is 11.9 Å². The van der Waals surface area contributed by atoms with E-state index in [1.807, 2.05) is 0 Å². The van der Waals surface area contributed by atoms with E-state index in [-0.39, 0.29) is 11.3 Å². The predicted molar refractivity (Wildman–Crippen MR) is 115 cm³/mol. The Morgan fingerprint density at radius 1 is 1.23 bits per heavy atom. The number of Topliss-reactive ketones (excluding diaryl/α,β-unsaturated/α-hetero) is 1. The number of pyridine rings is 1. The third-order valence-corrected chi connectivity index (χ3v) is 5.47. The molecule has 0 radical (unpaired) electrons. The molecule has 0 spiro atoms. The van der Waals surface area contributed by atoms with E-state index in [1.165, 1.54) is 12.0 Å². The fourth-order valence-electron chi connectivity index (χ4n) is 3.94. The molecule has 0 saturated heterocycles. The van der Waals surface area contributed by atoms with Crippen molar-refractivity contribution in [3.8, 4) is 5.75 Å². The number of amides is 1. The van der Waals surface area contributed by atoms with Gasteiger partial charge in [0, 0.05) is 18.1 Å². The molecule has 1 unspecified atom stereocenters. The van der Waals surface area contributed by atoms with Crippen molar-refractivity contribution in [3.05, 3.63) is 71.4 Å². The summed E-state index contributed by atoms with van der Waals surface area (Å²) in [6.07, 6.45) is 4.30. The lowest BCUT2D eigenvalue weighted by molar-refractivity contribution is -0.129. The second-order valence-electron chi connectivity index (χ2n) is 7.44. The van der Waals surface area contributed by atoms with Gasteiger partial charge >= 0.3 is 0 Å². The van der Waals surface area contributed by atoms with Crippen LogP contribution in [0.1, 0.15) is 48.5 Å². The summed E-state index contributed by atoms with van der Waals surface area (Å²) in [7, 11) is 1.52. The Hall–Kier alpha value is -3.61. The minimum atomic E-state index is -0.770. The maximum atomic E-state index is 13.5. The van der Waals surface area contributed by atoms with Crippen molar-refractivity contribution in [1.82, 2.24) is 9.88 Å². The van der Waals surface area contributed by atoms with Crippen molar-refractivity contribution >= 4 is 22.7 Å². The first-order valence-corrected chi connectivity index (χ1v) is 10.3. The number of hydrogen-bond donors (Lipinski definition) is 1. The third-order valence-electron chi connectivity index (χ3n) is 5.47. The summed E-state index contributed by atoms with van der Waals surface area (Å²) in [5.41, 5.74) is 0.943. The summed E-state index contributed by atoms with van der Waals surface area (Å²) in [6, 6.07) is 11.5. The van der Waals surface area contributed by atoms with E-state index in [1.54, 1.807) is 48.7 Å². The number of aromatic nitrogens is 1. The zero-order valence-electron chi connectivity index (χ0n) is 17.5. The van der Waals surface area contributed by atoms with E-state index in [0.717, 1.165) is 19.3 Å². The molecule has 1 atom stereocenters. The second kappa shape index (κ2) is 8.63. The van der Waals surface area contributed by atoms with Gasteiger partial charge in [-0.05, 0) is 30.7 Å². The molecule has 1 aliphatic heterocycles. The Balaban J connectivity index is 1.77. The maximum Gasteiger partial charge on any atom is 0.290 e. The van der Waals surface area contributed by atoms with Gasteiger partial charge in [0.1, 0.15) is 6.04 Å². The Morgan fingerprint density at radius 2 is 2.06 bits per heavy atom. The van der Waals surface area contributed by atoms with Crippen LogP contribution in [0.5, 0.6) is 5.75 Å². The van der Waals surface area contributed by atoms with Gasteiger partial charge in [-0.15, -0.1) is 0 Å². The molecule has 0 bridgehead atoms. The number of hydrogen-bond acceptors (Lipinski definition) is 6. The number of aliphatic hydroxyl groups excluding tert-OH is 1. The number of benzene rings is 1. The van der Waals surface area contributed by atoms with Gasteiger partial charge in [0.05, 0.1) is 18.4 Å². The maximum absolute atomic E-state index is 13.5. The number of rotatable bonds is 8. The fraction of sp³-hybridized carbons (Fsp3) is 0.292. The van der Waals surface area contributed by atoms with Gasteiger partial charge in [0.25, 0.3) is 5.91 Å². The molecule has 1 amide bonds. The van der Waals surface area contributed by atoms with Crippen molar-refractivity contribution < 1.29 is 23.8 Å². The lowest BCUT2D eigenvalue weighted by Gasteiger charge is -2.25. The van der Waals surface area contributed by atoms with Gasteiger partial charge in [-0.1, -0.05) is 38.0 Å². The average Bonchev–Trinajstić information content (AvgIpc) is 3.34. The Labute approximate surface area is 179 Å². The number of unbranched alkanes of at least 4 members (excludes halogenated alkanes) is 2. The predicted octanol–water partition coefficient (Wildman–Crippen LogP) is 4.60. The minimum Gasteiger partial charge on any atom is -0.503 e. The molecular formula is C24H24N2O5. The highest BCUT2D eigenvalue weighted by atomic mass is 16.5. The van der Waals surface area contributed by atoms with Crippen molar-refractivity contribution in [2.45, 2.75) is 32.2 Å². The molecule has 1 aromatic carbocycles. The van der Waals surface area contributed by atoms with Crippen LogP contribution < -0.4 is 4.74 Å². The minimum absolute atomic E-state index is 0.0155. The molecule has 3 heterocycles. The van der Waals surface area contributed by atoms with Crippen LogP contribution in [0.25, 0.3) is 11.0 Å². The molecule has 3 aromatic rings. The molecule has 2 aromatic heterocycles. The van der Waals surface area contributed by atoms with Crippen LogP contribution in [0.2, 0.25) is 0 Å². The number of fused-ring (bicyclic) bond motifs is 1. The number of carbonyl (C=O) groups excluding carboxylic acids is 2. The van der Waals surface area contributed by atoms with Crippen LogP contribution in [0.15, 0.2) is 64.4 Å². The zero-order chi connectivity index (χ0) is 22.0. The molecule has 0 fully saturated rings. The zero-order valence-corrected chi connectivity index (χ0v) is 17.5. The fourth-order valence-corrected chi connectivity index (χ4v) is 3.94. The van der Waals surface area contributed by atoms with Crippen molar-refractivity contribution in [2.75, 3.05) is 13.7 Å². The smallest absolute Gasteiger partial charge is 0.290 e. The van der Waals surface area contributed by atoms with Gasteiger partial charge < -0.3 is 19.2 Å². The lowest BCUT2D eigenvalue weighted by atomic mass is 9.98. The largest absolute Gasteiger partial charge is 0.503 e. The van der Waals surface area contributed by atoms with Gasteiger partial charge in [0.2, 0.25) is 5.78 Å². The molecule has 160 valence electrons. The molecule has 31 heavy (non-hydrogen) atoms. The average molecular weight is 420 g/mol. The van der Waals surface area contributed by atoms with Crippen LogP contribution >= 0.6 is 0 Å². The number of methoxy groups -OCH3 is 1.